The number of fused-ring (bicyclic) bond motifs is 1. The summed E-state index contributed by atoms with van der Waals surface area (Å²) in [6.45, 7) is 5.48. The summed E-state index contributed by atoms with van der Waals surface area (Å²) in [6, 6.07) is 8.65. The lowest BCUT2D eigenvalue weighted by atomic mass is 10.00. The molecular formula is C15H22ClN3O. The number of halogens is 1. The van der Waals surface area contributed by atoms with E-state index in [9.17, 15) is 4.79 Å². The van der Waals surface area contributed by atoms with Crippen LogP contribution in [0, 0.1) is 5.92 Å². The van der Waals surface area contributed by atoms with Crippen LogP contribution in [0.5, 0.6) is 0 Å². The average molecular weight is 296 g/mol. The Bertz CT molecular complexity index is 462. The Morgan fingerprint density at radius 3 is 2.75 bits per heavy atom. The highest BCUT2D eigenvalue weighted by molar-refractivity contribution is 5.85. The maximum atomic E-state index is 11.7. The molecule has 1 fully saturated rings. The van der Waals surface area contributed by atoms with E-state index in [1.165, 1.54) is 11.1 Å². The van der Waals surface area contributed by atoms with Crippen LogP contribution >= 0.6 is 12.4 Å². The predicted molar refractivity (Wildman–Crippen MR) is 82.0 cm³/mol. The number of carbonyl (C=O) groups excluding carboxylic acids is 1. The molecule has 0 unspecified atom stereocenters. The molecular weight excluding hydrogens is 274 g/mol. The monoisotopic (exact) mass is 295 g/mol. The van der Waals surface area contributed by atoms with Gasteiger partial charge in [-0.25, -0.2) is 0 Å². The molecule has 0 aromatic heterocycles. The summed E-state index contributed by atoms with van der Waals surface area (Å²) < 4.78 is 0. The summed E-state index contributed by atoms with van der Waals surface area (Å²) in [5.74, 6) is 0.401. The molecule has 0 aliphatic carbocycles. The molecule has 5 heteroatoms. The fraction of sp³-hybridized carbons (Fsp3) is 0.533. The highest BCUT2D eigenvalue weighted by Gasteiger charge is 2.24. The van der Waals surface area contributed by atoms with Gasteiger partial charge in [0, 0.05) is 39.3 Å². The second-order valence-corrected chi connectivity index (χ2v) is 5.44. The highest BCUT2D eigenvalue weighted by Crippen LogP contribution is 2.17. The van der Waals surface area contributed by atoms with Crippen LogP contribution in [0.2, 0.25) is 0 Å². The Kier molecular flexibility index (Phi) is 5.40. The Morgan fingerprint density at radius 2 is 2.05 bits per heavy atom. The Labute approximate surface area is 126 Å². The molecule has 1 saturated heterocycles. The number of benzene rings is 1. The van der Waals surface area contributed by atoms with Crippen molar-refractivity contribution in [1.29, 1.82) is 0 Å². The zero-order chi connectivity index (χ0) is 13.1. The van der Waals surface area contributed by atoms with Gasteiger partial charge in [-0.15, -0.1) is 12.4 Å². The van der Waals surface area contributed by atoms with Crippen LogP contribution in [-0.2, 0) is 17.8 Å². The van der Waals surface area contributed by atoms with E-state index in [2.05, 4.69) is 39.8 Å². The topological polar surface area (TPSA) is 44.4 Å². The van der Waals surface area contributed by atoms with E-state index in [4.69, 9.17) is 0 Å². The third-order valence-corrected chi connectivity index (χ3v) is 4.09. The third-order valence-electron chi connectivity index (χ3n) is 4.09. The summed E-state index contributed by atoms with van der Waals surface area (Å²) in [6.07, 6.45) is 1.12. The lowest BCUT2D eigenvalue weighted by Crippen LogP contribution is -2.51. The minimum Gasteiger partial charge on any atom is -0.354 e. The first kappa shape index (κ1) is 15.3. The number of nitrogens with one attached hydrogen (secondary N) is 2. The third kappa shape index (κ3) is 3.51. The molecule has 0 radical (unpaired) electrons. The van der Waals surface area contributed by atoms with Gasteiger partial charge in [-0.05, 0) is 17.5 Å². The average Bonchev–Trinajstić information content (AvgIpc) is 2.36. The van der Waals surface area contributed by atoms with Crippen molar-refractivity contribution < 1.29 is 4.79 Å². The molecule has 0 atom stereocenters. The van der Waals surface area contributed by atoms with Gasteiger partial charge in [0.05, 0.1) is 5.92 Å². The molecule has 1 aromatic rings. The van der Waals surface area contributed by atoms with Gasteiger partial charge in [-0.2, -0.15) is 0 Å². The number of rotatable bonds is 4. The van der Waals surface area contributed by atoms with Crippen molar-refractivity contribution in [3.8, 4) is 0 Å². The summed E-state index contributed by atoms with van der Waals surface area (Å²) in [4.78, 5) is 14.1. The van der Waals surface area contributed by atoms with E-state index in [1.807, 2.05) is 0 Å². The molecule has 2 aliphatic heterocycles. The first-order valence-corrected chi connectivity index (χ1v) is 7.10. The molecule has 1 aromatic carbocycles. The Balaban J connectivity index is 0.00000147. The second-order valence-electron chi connectivity index (χ2n) is 5.44. The lowest BCUT2D eigenvalue weighted by Gasteiger charge is -2.30. The SMILES string of the molecule is Cl.O=C(NCCN1CCc2ccccc2C1)C1CNC1. The molecule has 2 heterocycles. The van der Waals surface area contributed by atoms with Crippen molar-refractivity contribution in [2.45, 2.75) is 13.0 Å². The van der Waals surface area contributed by atoms with Crippen molar-refractivity contribution in [2.24, 2.45) is 5.92 Å². The quantitative estimate of drug-likeness (QED) is 0.864. The second kappa shape index (κ2) is 7.07. The van der Waals surface area contributed by atoms with Crippen molar-refractivity contribution in [1.82, 2.24) is 15.5 Å². The highest BCUT2D eigenvalue weighted by atomic mass is 35.5. The van der Waals surface area contributed by atoms with Crippen LogP contribution in [0.15, 0.2) is 24.3 Å². The van der Waals surface area contributed by atoms with Crippen molar-refractivity contribution >= 4 is 18.3 Å². The normalized spacial score (nSPS) is 18.6. The van der Waals surface area contributed by atoms with Gasteiger partial charge >= 0.3 is 0 Å². The Hall–Kier alpha value is -1.10. The fourth-order valence-corrected chi connectivity index (χ4v) is 2.70. The van der Waals surface area contributed by atoms with Gasteiger partial charge in [0.1, 0.15) is 0 Å². The Morgan fingerprint density at radius 1 is 1.30 bits per heavy atom. The first-order valence-electron chi connectivity index (χ1n) is 7.10. The van der Waals surface area contributed by atoms with Gasteiger partial charge in [-0.3, -0.25) is 9.69 Å². The molecule has 1 amide bonds. The van der Waals surface area contributed by atoms with E-state index < -0.39 is 0 Å². The van der Waals surface area contributed by atoms with Crippen LogP contribution in [0.1, 0.15) is 11.1 Å². The molecule has 4 nitrogen and oxygen atoms in total. The number of amides is 1. The summed E-state index contributed by atoms with van der Waals surface area (Å²) in [5.41, 5.74) is 2.91. The van der Waals surface area contributed by atoms with Gasteiger partial charge in [0.25, 0.3) is 0 Å². The minimum atomic E-state index is 0. The van der Waals surface area contributed by atoms with E-state index in [-0.39, 0.29) is 24.2 Å². The van der Waals surface area contributed by atoms with E-state index in [1.54, 1.807) is 0 Å². The molecule has 2 aliphatic rings. The van der Waals surface area contributed by atoms with Crippen LogP contribution in [0.4, 0.5) is 0 Å². The van der Waals surface area contributed by atoms with Gasteiger partial charge < -0.3 is 10.6 Å². The number of carbonyl (C=O) groups is 1. The van der Waals surface area contributed by atoms with Gasteiger partial charge in [0.2, 0.25) is 5.91 Å². The standard InChI is InChI=1S/C15H21N3O.ClH/c19-15(14-9-16-10-14)17-6-8-18-7-5-12-3-1-2-4-13(12)11-18;/h1-4,14,16H,5-11H2,(H,17,19);1H. The van der Waals surface area contributed by atoms with Crippen LogP contribution in [-0.4, -0.2) is 43.5 Å². The molecule has 0 saturated carbocycles. The summed E-state index contributed by atoms with van der Waals surface area (Å²) in [5, 5.41) is 6.16. The van der Waals surface area contributed by atoms with Crippen molar-refractivity contribution in [3.05, 3.63) is 35.4 Å². The van der Waals surface area contributed by atoms with Gasteiger partial charge in [-0.1, -0.05) is 24.3 Å². The van der Waals surface area contributed by atoms with E-state index in [0.717, 1.165) is 45.7 Å². The largest absolute Gasteiger partial charge is 0.354 e. The zero-order valence-corrected chi connectivity index (χ0v) is 12.4. The van der Waals surface area contributed by atoms with Crippen molar-refractivity contribution in [2.75, 3.05) is 32.7 Å². The van der Waals surface area contributed by atoms with Crippen LogP contribution in [0.25, 0.3) is 0 Å². The van der Waals surface area contributed by atoms with Crippen molar-refractivity contribution in [3.63, 3.8) is 0 Å². The predicted octanol–water partition coefficient (Wildman–Crippen LogP) is 0.802. The lowest BCUT2D eigenvalue weighted by molar-refractivity contribution is -0.126. The maximum absolute atomic E-state index is 11.7. The van der Waals surface area contributed by atoms with E-state index in [0.29, 0.717) is 0 Å². The zero-order valence-electron chi connectivity index (χ0n) is 11.6. The fourth-order valence-electron chi connectivity index (χ4n) is 2.70. The molecule has 0 bridgehead atoms. The molecule has 3 rings (SSSR count). The number of hydrogen-bond acceptors (Lipinski definition) is 3. The maximum Gasteiger partial charge on any atom is 0.225 e. The minimum absolute atomic E-state index is 0. The van der Waals surface area contributed by atoms with Crippen LogP contribution < -0.4 is 10.6 Å². The molecule has 0 spiro atoms. The summed E-state index contributed by atoms with van der Waals surface area (Å²) in [7, 11) is 0. The molecule has 20 heavy (non-hydrogen) atoms. The van der Waals surface area contributed by atoms with Crippen LogP contribution in [0.3, 0.4) is 0 Å². The van der Waals surface area contributed by atoms with Gasteiger partial charge in [0.15, 0.2) is 0 Å². The first-order chi connectivity index (χ1) is 9.33. The molecule has 2 N–H and O–H groups in total. The number of nitrogens with zero attached hydrogens (tertiary/aromatic N) is 1. The smallest absolute Gasteiger partial charge is 0.225 e. The summed E-state index contributed by atoms with van der Waals surface area (Å²) >= 11 is 0. The number of hydrogen-bond donors (Lipinski definition) is 2. The molecule has 110 valence electrons. The van der Waals surface area contributed by atoms with E-state index >= 15 is 0 Å².